The van der Waals surface area contributed by atoms with Gasteiger partial charge in [0.15, 0.2) is 0 Å². The molecule has 0 aliphatic carbocycles. The van der Waals surface area contributed by atoms with Gasteiger partial charge in [0.25, 0.3) is 0 Å². The molecule has 3 nitrogen and oxygen atoms in total. The zero-order chi connectivity index (χ0) is 12.7. The van der Waals surface area contributed by atoms with Crippen LogP contribution in [0.25, 0.3) is 0 Å². The quantitative estimate of drug-likeness (QED) is 0.739. The van der Waals surface area contributed by atoms with E-state index < -0.39 is 0 Å². The van der Waals surface area contributed by atoms with Gasteiger partial charge in [-0.1, -0.05) is 26.0 Å². The molecule has 1 aromatic carbocycles. The van der Waals surface area contributed by atoms with E-state index in [0.29, 0.717) is 5.56 Å². The molecule has 0 amide bonds. The molecule has 0 radical (unpaired) electrons. The Labute approximate surface area is 103 Å². The number of benzene rings is 1. The maximum absolute atomic E-state index is 10.6. The molecule has 0 spiro atoms. The number of hydrogen-bond donors (Lipinski definition) is 1. The van der Waals surface area contributed by atoms with Gasteiger partial charge in [0.05, 0.1) is 0 Å². The molecule has 0 saturated carbocycles. The van der Waals surface area contributed by atoms with Crippen LogP contribution in [-0.2, 0) is 6.54 Å². The van der Waals surface area contributed by atoms with E-state index in [1.54, 1.807) is 6.07 Å². The molecule has 0 aromatic heterocycles. The van der Waals surface area contributed by atoms with E-state index in [-0.39, 0.29) is 5.75 Å². The molecule has 1 rings (SSSR count). The number of aldehydes is 1. The number of phenolic OH excluding ortho intramolecular Hbond substituents is 1. The SMILES string of the molecule is CCCN(CCC)Cc1ccc(C=O)cc1O. The lowest BCUT2D eigenvalue weighted by Crippen LogP contribution is -2.24. The van der Waals surface area contributed by atoms with Gasteiger partial charge in [-0.2, -0.15) is 0 Å². The zero-order valence-electron chi connectivity index (χ0n) is 10.6. The van der Waals surface area contributed by atoms with Gasteiger partial charge >= 0.3 is 0 Å². The highest BCUT2D eigenvalue weighted by molar-refractivity contribution is 5.75. The minimum absolute atomic E-state index is 0.215. The van der Waals surface area contributed by atoms with E-state index in [1.807, 2.05) is 6.07 Å². The van der Waals surface area contributed by atoms with Crippen LogP contribution < -0.4 is 0 Å². The van der Waals surface area contributed by atoms with Crippen LogP contribution in [0.4, 0.5) is 0 Å². The highest BCUT2D eigenvalue weighted by atomic mass is 16.3. The van der Waals surface area contributed by atoms with Crippen LogP contribution >= 0.6 is 0 Å². The van der Waals surface area contributed by atoms with Gasteiger partial charge in [-0.25, -0.2) is 0 Å². The molecule has 1 N–H and O–H groups in total. The molecule has 0 saturated heterocycles. The predicted molar refractivity (Wildman–Crippen MR) is 69.4 cm³/mol. The minimum Gasteiger partial charge on any atom is -0.508 e. The number of carbonyl (C=O) groups is 1. The Hall–Kier alpha value is -1.35. The van der Waals surface area contributed by atoms with Crippen LogP contribution in [0, 0.1) is 0 Å². The van der Waals surface area contributed by atoms with Gasteiger partial charge in [0.1, 0.15) is 12.0 Å². The number of carbonyl (C=O) groups excluding carboxylic acids is 1. The van der Waals surface area contributed by atoms with Crippen LogP contribution in [0.5, 0.6) is 5.75 Å². The third-order valence-electron chi connectivity index (χ3n) is 2.72. The van der Waals surface area contributed by atoms with E-state index in [1.165, 1.54) is 6.07 Å². The van der Waals surface area contributed by atoms with E-state index in [4.69, 9.17) is 0 Å². The van der Waals surface area contributed by atoms with E-state index in [2.05, 4.69) is 18.7 Å². The summed E-state index contributed by atoms with van der Waals surface area (Å²) < 4.78 is 0. The first kappa shape index (κ1) is 13.7. The molecule has 0 fully saturated rings. The van der Waals surface area contributed by atoms with Gasteiger partial charge in [-0.3, -0.25) is 9.69 Å². The van der Waals surface area contributed by atoms with Gasteiger partial charge in [-0.05, 0) is 32.0 Å². The van der Waals surface area contributed by atoms with Gasteiger partial charge in [0.2, 0.25) is 0 Å². The molecule has 0 unspecified atom stereocenters. The second kappa shape index (κ2) is 7.07. The average Bonchev–Trinajstić information content (AvgIpc) is 2.32. The predicted octanol–water partition coefficient (Wildman–Crippen LogP) is 2.83. The van der Waals surface area contributed by atoms with Crippen LogP contribution in [-0.4, -0.2) is 29.4 Å². The highest BCUT2D eigenvalue weighted by Crippen LogP contribution is 2.20. The smallest absolute Gasteiger partial charge is 0.150 e. The summed E-state index contributed by atoms with van der Waals surface area (Å²) in [4.78, 5) is 12.9. The summed E-state index contributed by atoms with van der Waals surface area (Å²) in [5.41, 5.74) is 1.40. The monoisotopic (exact) mass is 235 g/mol. The third kappa shape index (κ3) is 4.19. The molecule has 1 aromatic rings. The van der Waals surface area contributed by atoms with Gasteiger partial charge in [0, 0.05) is 17.7 Å². The topological polar surface area (TPSA) is 40.5 Å². The van der Waals surface area contributed by atoms with Crippen molar-refractivity contribution in [1.82, 2.24) is 4.90 Å². The summed E-state index contributed by atoms with van der Waals surface area (Å²) >= 11 is 0. The fraction of sp³-hybridized carbons (Fsp3) is 0.500. The molecular weight excluding hydrogens is 214 g/mol. The summed E-state index contributed by atoms with van der Waals surface area (Å²) in [6.45, 7) is 7.11. The number of nitrogens with zero attached hydrogens (tertiary/aromatic N) is 1. The molecular formula is C14H21NO2. The van der Waals surface area contributed by atoms with Crippen LogP contribution in [0.1, 0.15) is 42.6 Å². The minimum atomic E-state index is 0.215. The lowest BCUT2D eigenvalue weighted by atomic mass is 10.1. The lowest BCUT2D eigenvalue weighted by Gasteiger charge is -2.21. The Morgan fingerprint density at radius 1 is 1.24 bits per heavy atom. The Kier molecular flexibility index (Phi) is 5.70. The number of phenols is 1. The van der Waals surface area contributed by atoms with Crippen molar-refractivity contribution in [3.05, 3.63) is 29.3 Å². The number of hydrogen-bond acceptors (Lipinski definition) is 3. The molecule has 94 valence electrons. The maximum atomic E-state index is 10.6. The van der Waals surface area contributed by atoms with Crippen molar-refractivity contribution in [2.75, 3.05) is 13.1 Å². The summed E-state index contributed by atoms with van der Waals surface area (Å²) in [6.07, 6.45) is 2.96. The van der Waals surface area contributed by atoms with Crippen LogP contribution in [0.2, 0.25) is 0 Å². The summed E-state index contributed by atoms with van der Waals surface area (Å²) in [5.74, 6) is 0.215. The van der Waals surface area contributed by atoms with Gasteiger partial charge in [-0.15, -0.1) is 0 Å². The Morgan fingerprint density at radius 3 is 2.35 bits per heavy atom. The second-order valence-electron chi connectivity index (χ2n) is 4.28. The Morgan fingerprint density at radius 2 is 1.88 bits per heavy atom. The largest absolute Gasteiger partial charge is 0.508 e. The molecule has 0 bridgehead atoms. The van der Waals surface area contributed by atoms with Crippen molar-refractivity contribution in [2.45, 2.75) is 33.2 Å². The van der Waals surface area contributed by atoms with E-state index in [0.717, 1.165) is 44.3 Å². The molecule has 3 heteroatoms. The Bertz CT molecular complexity index is 357. The standard InChI is InChI=1S/C14H21NO2/c1-3-7-15(8-4-2)10-13-6-5-12(11-16)9-14(13)17/h5-6,9,11,17H,3-4,7-8,10H2,1-2H3. The number of aromatic hydroxyl groups is 1. The van der Waals surface area contributed by atoms with Crippen molar-refractivity contribution in [3.63, 3.8) is 0 Å². The Balaban J connectivity index is 2.74. The lowest BCUT2D eigenvalue weighted by molar-refractivity contribution is 0.112. The van der Waals surface area contributed by atoms with E-state index in [9.17, 15) is 9.90 Å². The first-order valence-electron chi connectivity index (χ1n) is 6.20. The normalized spacial score (nSPS) is 10.8. The second-order valence-corrected chi connectivity index (χ2v) is 4.28. The van der Waals surface area contributed by atoms with Crippen molar-refractivity contribution in [3.8, 4) is 5.75 Å². The first-order valence-corrected chi connectivity index (χ1v) is 6.20. The molecule has 17 heavy (non-hydrogen) atoms. The average molecular weight is 235 g/mol. The summed E-state index contributed by atoms with van der Waals surface area (Å²) in [6, 6.07) is 5.11. The summed E-state index contributed by atoms with van der Waals surface area (Å²) in [5, 5.41) is 9.82. The maximum Gasteiger partial charge on any atom is 0.150 e. The zero-order valence-corrected chi connectivity index (χ0v) is 10.6. The third-order valence-corrected chi connectivity index (χ3v) is 2.72. The van der Waals surface area contributed by atoms with Crippen molar-refractivity contribution < 1.29 is 9.90 Å². The van der Waals surface area contributed by atoms with Crippen molar-refractivity contribution in [2.24, 2.45) is 0 Å². The molecule has 0 aliphatic rings. The van der Waals surface area contributed by atoms with Gasteiger partial charge < -0.3 is 5.11 Å². The van der Waals surface area contributed by atoms with E-state index >= 15 is 0 Å². The molecule has 0 heterocycles. The van der Waals surface area contributed by atoms with Crippen LogP contribution in [0.3, 0.4) is 0 Å². The van der Waals surface area contributed by atoms with Crippen LogP contribution in [0.15, 0.2) is 18.2 Å². The fourth-order valence-corrected chi connectivity index (χ4v) is 1.93. The fourth-order valence-electron chi connectivity index (χ4n) is 1.93. The summed E-state index contributed by atoms with van der Waals surface area (Å²) in [7, 11) is 0. The first-order chi connectivity index (χ1) is 8.21. The van der Waals surface area contributed by atoms with Crippen molar-refractivity contribution in [1.29, 1.82) is 0 Å². The molecule has 0 atom stereocenters. The highest BCUT2D eigenvalue weighted by Gasteiger charge is 2.08. The van der Waals surface area contributed by atoms with Crippen molar-refractivity contribution >= 4 is 6.29 Å². The number of rotatable bonds is 7. The molecule has 0 aliphatic heterocycles.